The molecule has 0 amide bonds. The van der Waals surface area contributed by atoms with Crippen LogP contribution < -0.4 is 0 Å². The number of hydrogen-bond donors (Lipinski definition) is 0. The minimum Gasteiger partial charge on any atom is -0.245 e. The van der Waals surface area contributed by atoms with Crippen LogP contribution in [0, 0.1) is 22.7 Å². The van der Waals surface area contributed by atoms with Gasteiger partial charge in [0.2, 0.25) is 0 Å². The molecule has 9 rings (SSSR count). The summed E-state index contributed by atoms with van der Waals surface area (Å²) in [5, 5.41) is 26.3. The molecule has 0 atom stereocenters. The highest BCUT2D eigenvalue weighted by Gasteiger charge is 2.20. The third-order valence-electron chi connectivity index (χ3n) is 9.54. The van der Waals surface area contributed by atoms with Crippen molar-refractivity contribution in [1.29, 1.82) is 10.5 Å². The lowest BCUT2D eigenvalue weighted by Gasteiger charge is -2.18. The molecule has 0 aliphatic carbocycles. The van der Waals surface area contributed by atoms with Crippen LogP contribution >= 0.6 is 0 Å². The molecule has 0 aliphatic heterocycles. The highest BCUT2D eigenvalue weighted by molar-refractivity contribution is 6.21. The van der Waals surface area contributed by atoms with Gasteiger partial charge in [-0.15, -0.1) is 0 Å². The maximum Gasteiger partial charge on any atom is 0.101 e. The molecule has 4 heteroatoms. The van der Waals surface area contributed by atoms with Crippen LogP contribution in [0.3, 0.4) is 0 Å². The van der Waals surface area contributed by atoms with E-state index in [9.17, 15) is 10.5 Å². The summed E-state index contributed by atoms with van der Waals surface area (Å²) in [4.78, 5) is 10.2. The van der Waals surface area contributed by atoms with Crippen LogP contribution in [-0.2, 0) is 0 Å². The third kappa shape index (κ3) is 4.60. The second-order valence-electron chi connectivity index (χ2n) is 12.3. The SMILES string of the molecule is N#Cc1c(C#N)c2ccc(-c3cccc(-c4c5ccccc5c(-c5ccccc5)c5ccccc45)c3)nc2c2nc(-c3ccccc3)ccc12. The molecule has 0 unspecified atom stereocenters. The largest absolute Gasteiger partial charge is 0.245 e. The van der Waals surface area contributed by atoms with Gasteiger partial charge in [0, 0.05) is 21.9 Å². The normalized spacial score (nSPS) is 11.2. The first-order valence-electron chi connectivity index (χ1n) is 16.5. The number of pyridine rings is 2. The molecular weight excluding hydrogens is 609 g/mol. The van der Waals surface area contributed by atoms with Gasteiger partial charge in [0.25, 0.3) is 0 Å². The lowest BCUT2D eigenvalue weighted by molar-refractivity contribution is 1.35. The number of fused-ring (bicyclic) bond motifs is 5. The Morgan fingerprint density at radius 3 is 1.24 bits per heavy atom. The standard InChI is InChI=1S/C46H26N4/c47-27-39-37-22-24-41(29-12-3-1-4-13-29)49-45(37)46-38(40(39)28-48)23-25-42(50-46)31-16-11-17-32(26-31)44-35-20-9-7-18-33(35)43(30-14-5-2-6-15-30)34-19-8-10-21-36(34)44/h1-26H. The van der Waals surface area contributed by atoms with Crippen LogP contribution in [0.5, 0.6) is 0 Å². The van der Waals surface area contributed by atoms with Gasteiger partial charge in [-0.1, -0.05) is 127 Å². The van der Waals surface area contributed by atoms with E-state index in [1.165, 1.54) is 38.2 Å². The zero-order chi connectivity index (χ0) is 33.6. The Morgan fingerprint density at radius 1 is 0.340 bits per heavy atom. The predicted molar refractivity (Wildman–Crippen MR) is 203 cm³/mol. The van der Waals surface area contributed by atoms with Crippen molar-refractivity contribution in [3.63, 3.8) is 0 Å². The van der Waals surface area contributed by atoms with Gasteiger partial charge in [-0.05, 0) is 74.1 Å². The second-order valence-corrected chi connectivity index (χ2v) is 12.3. The fraction of sp³-hybridized carbons (Fsp3) is 0. The van der Waals surface area contributed by atoms with E-state index in [4.69, 9.17) is 9.97 Å². The topological polar surface area (TPSA) is 73.4 Å². The number of rotatable bonds is 4. The van der Waals surface area contributed by atoms with Crippen LogP contribution in [-0.4, -0.2) is 9.97 Å². The van der Waals surface area contributed by atoms with Gasteiger partial charge < -0.3 is 0 Å². The van der Waals surface area contributed by atoms with Crippen LogP contribution in [0.4, 0.5) is 0 Å². The molecule has 0 N–H and O–H groups in total. The maximum absolute atomic E-state index is 10.2. The number of hydrogen-bond acceptors (Lipinski definition) is 4. The first kappa shape index (κ1) is 29.0. The summed E-state index contributed by atoms with van der Waals surface area (Å²) in [5.41, 5.74) is 9.95. The van der Waals surface area contributed by atoms with Crippen LogP contribution in [0.2, 0.25) is 0 Å². The minimum atomic E-state index is 0.313. The molecule has 0 aliphatic rings. The van der Waals surface area contributed by atoms with Gasteiger partial charge >= 0.3 is 0 Å². The average Bonchev–Trinajstić information content (AvgIpc) is 3.19. The molecule has 0 saturated heterocycles. The summed E-state index contributed by atoms with van der Waals surface area (Å²) >= 11 is 0. The third-order valence-corrected chi connectivity index (χ3v) is 9.54. The summed E-state index contributed by atoms with van der Waals surface area (Å²) in [7, 11) is 0. The Bertz CT molecular complexity index is 2820. The smallest absolute Gasteiger partial charge is 0.101 e. The van der Waals surface area contributed by atoms with Crippen LogP contribution in [0.1, 0.15) is 11.1 Å². The van der Waals surface area contributed by atoms with E-state index in [1.54, 1.807) is 0 Å². The number of nitriles is 2. The van der Waals surface area contributed by atoms with E-state index in [1.807, 2.05) is 54.6 Å². The fourth-order valence-electron chi connectivity index (χ4n) is 7.30. The summed E-state index contributed by atoms with van der Waals surface area (Å²) in [6, 6.07) is 58.5. The van der Waals surface area contributed by atoms with E-state index in [0.29, 0.717) is 32.9 Å². The molecule has 0 bridgehead atoms. The molecule has 0 spiro atoms. The molecule has 0 saturated carbocycles. The quantitative estimate of drug-likeness (QED) is 0.143. The zero-order valence-electron chi connectivity index (χ0n) is 26.8. The average molecular weight is 635 g/mol. The molecule has 0 radical (unpaired) electrons. The highest BCUT2D eigenvalue weighted by atomic mass is 14.8. The molecular formula is C46H26N4. The van der Waals surface area contributed by atoms with Gasteiger partial charge in [-0.2, -0.15) is 10.5 Å². The van der Waals surface area contributed by atoms with Crippen molar-refractivity contribution in [2.75, 3.05) is 0 Å². The molecule has 2 aromatic heterocycles. The van der Waals surface area contributed by atoms with Crippen molar-refractivity contribution in [2.24, 2.45) is 0 Å². The Kier molecular flexibility index (Phi) is 6.87. The van der Waals surface area contributed by atoms with Gasteiger partial charge in [0.1, 0.15) is 12.1 Å². The Hall–Kier alpha value is -7.14. The lowest BCUT2D eigenvalue weighted by atomic mass is 9.85. The van der Waals surface area contributed by atoms with Crippen molar-refractivity contribution >= 4 is 43.4 Å². The van der Waals surface area contributed by atoms with Crippen molar-refractivity contribution in [3.05, 3.63) is 169 Å². The summed E-state index contributed by atoms with van der Waals surface area (Å²) in [5.74, 6) is 0. The Labute approximate surface area is 288 Å². The van der Waals surface area contributed by atoms with E-state index < -0.39 is 0 Å². The molecule has 230 valence electrons. The van der Waals surface area contributed by atoms with E-state index >= 15 is 0 Å². The first-order chi connectivity index (χ1) is 24.7. The number of benzene rings is 7. The maximum atomic E-state index is 10.2. The van der Waals surface area contributed by atoms with Crippen LogP contribution in [0.15, 0.2) is 158 Å². The minimum absolute atomic E-state index is 0.313. The molecule has 4 nitrogen and oxygen atoms in total. The summed E-state index contributed by atoms with van der Waals surface area (Å²) in [6.07, 6.45) is 0. The van der Waals surface area contributed by atoms with E-state index in [-0.39, 0.29) is 0 Å². The van der Waals surface area contributed by atoms with E-state index in [0.717, 1.165) is 28.1 Å². The highest BCUT2D eigenvalue weighted by Crippen LogP contribution is 2.44. The summed E-state index contributed by atoms with van der Waals surface area (Å²) in [6.45, 7) is 0. The van der Waals surface area contributed by atoms with Crippen molar-refractivity contribution < 1.29 is 0 Å². The van der Waals surface area contributed by atoms with Gasteiger partial charge in [-0.25, -0.2) is 9.97 Å². The Morgan fingerprint density at radius 2 is 0.740 bits per heavy atom. The molecule has 9 aromatic rings. The number of aromatic nitrogens is 2. The molecule has 0 fully saturated rings. The van der Waals surface area contributed by atoms with Gasteiger partial charge in [0.15, 0.2) is 0 Å². The predicted octanol–water partition coefficient (Wildman–Crippen LogP) is 11.5. The second kappa shape index (κ2) is 11.8. The zero-order valence-corrected chi connectivity index (χ0v) is 26.8. The fourth-order valence-corrected chi connectivity index (χ4v) is 7.30. The first-order valence-corrected chi connectivity index (χ1v) is 16.5. The van der Waals surface area contributed by atoms with Gasteiger partial charge in [0.05, 0.1) is 33.5 Å². The van der Waals surface area contributed by atoms with E-state index in [2.05, 4.69) is 115 Å². The summed E-state index contributed by atoms with van der Waals surface area (Å²) < 4.78 is 0. The molecule has 2 heterocycles. The lowest BCUT2D eigenvalue weighted by Crippen LogP contribution is -1.97. The molecule has 7 aromatic carbocycles. The van der Waals surface area contributed by atoms with Crippen molar-refractivity contribution in [2.45, 2.75) is 0 Å². The van der Waals surface area contributed by atoms with Crippen LogP contribution in [0.25, 0.3) is 88.1 Å². The van der Waals surface area contributed by atoms with Gasteiger partial charge in [-0.3, -0.25) is 0 Å². The molecule has 50 heavy (non-hydrogen) atoms. The van der Waals surface area contributed by atoms with Crippen molar-refractivity contribution in [3.8, 4) is 56.9 Å². The number of nitrogens with zero attached hydrogens (tertiary/aromatic N) is 4. The van der Waals surface area contributed by atoms with Crippen molar-refractivity contribution in [1.82, 2.24) is 9.97 Å². The Balaban J connectivity index is 1.28. The monoisotopic (exact) mass is 634 g/mol.